The number of ketones is 2. The SMILES string of the molecule is CNc1cc(F)cc2c1CC(=O)C(C(=O)Cc1ccc(C(=O)O)cc1CCCCO)=C2. The quantitative estimate of drug-likeness (QED) is 0.421. The summed E-state index contributed by atoms with van der Waals surface area (Å²) in [5.41, 5.74) is 3.15. The summed E-state index contributed by atoms with van der Waals surface area (Å²) in [4.78, 5) is 36.9. The molecule has 0 saturated carbocycles. The summed E-state index contributed by atoms with van der Waals surface area (Å²) >= 11 is 0. The van der Waals surface area contributed by atoms with Crippen molar-refractivity contribution < 1.29 is 29.0 Å². The molecular weight excluding hydrogens is 401 g/mol. The number of halogens is 1. The molecule has 0 atom stereocenters. The van der Waals surface area contributed by atoms with Crippen LogP contribution in [0.2, 0.25) is 0 Å². The average molecular weight is 425 g/mol. The van der Waals surface area contributed by atoms with Crippen molar-refractivity contribution in [2.45, 2.75) is 32.1 Å². The summed E-state index contributed by atoms with van der Waals surface area (Å²) in [7, 11) is 1.64. The fraction of sp³-hybridized carbons (Fsp3) is 0.292. The molecule has 162 valence electrons. The van der Waals surface area contributed by atoms with Crippen LogP contribution in [-0.4, -0.2) is 41.4 Å². The van der Waals surface area contributed by atoms with Crippen molar-refractivity contribution in [3.05, 3.63) is 69.5 Å². The van der Waals surface area contributed by atoms with E-state index in [2.05, 4.69) is 5.32 Å². The maximum atomic E-state index is 13.9. The molecule has 0 bridgehead atoms. The fourth-order valence-electron chi connectivity index (χ4n) is 3.79. The molecule has 3 rings (SSSR count). The van der Waals surface area contributed by atoms with Gasteiger partial charge < -0.3 is 15.5 Å². The molecule has 0 radical (unpaired) electrons. The number of anilines is 1. The number of hydrogen-bond acceptors (Lipinski definition) is 5. The van der Waals surface area contributed by atoms with Gasteiger partial charge >= 0.3 is 5.97 Å². The van der Waals surface area contributed by atoms with Gasteiger partial charge in [0.05, 0.1) is 11.1 Å². The van der Waals surface area contributed by atoms with Crippen molar-refractivity contribution in [2.24, 2.45) is 0 Å². The van der Waals surface area contributed by atoms with Crippen LogP contribution in [0.25, 0.3) is 6.08 Å². The summed E-state index contributed by atoms with van der Waals surface area (Å²) in [6.07, 6.45) is 3.09. The van der Waals surface area contributed by atoms with Gasteiger partial charge in [-0.1, -0.05) is 6.07 Å². The lowest BCUT2D eigenvalue weighted by atomic mass is 9.85. The van der Waals surface area contributed by atoms with Crippen LogP contribution in [0, 0.1) is 5.82 Å². The van der Waals surface area contributed by atoms with Crippen LogP contribution >= 0.6 is 0 Å². The predicted octanol–water partition coefficient (Wildman–Crippen LogP) is 3.20. The number of rotatable bonds is 9. The van der Waals surface area contributed by atoms with E-state index in [0.717, 1.165) is 0 Å². The van der Waals surface area contributed by atoms with Gasteiger partial charge in [-0.05, 0) is 71.9 Å². The van der Waals surface area contributed by atoms with Gasteiger partial charge in [0.15, 0.2) is 11.6 Å². The van der Waals surface area contributed by atoms with Gasteiger partial charge in [0.25, 0.3) is 0 Å². The van der Waals surface area contributed by atoms with Crippen molar-refractivity contribution in [3.8, 4) is 0 Å². The maximum Gasteiger partial charge on any atom is 0.335 e. The van der Waals surface area contributed by atoms with Crippen molar-refractivity contribution in [1.29, 1.82) is 0 Å². The van der Waals surface area contributed by atoms with Gasteiger partial charge in [0.2, 0.25) is 0 Å². The van der Waals surface area contributed by atoms with Crippen LogP contribution in [0.3, 0.4) is 0 Å². The lowest BCUT2D eigenvalue weighted by molar-refractivity contribution is -0.120. The Labute approximate surface area is 179 Å². The monoisotopic (exact) mass is 425 g/mol. The van der Waals surface area contributed by atoms with Gasteiger partial charge in [-0.3, -0.25) is 9.59 Å². The smallest absolute Gasteiger partial charge is 0.335 e. The number of allylic oxidation sites excluding steroid dienone is 1. The van der Waals surface area contributed by atoms with E-state index in [1.165, 1.54) is 30.3 Å². The van der Waals surface area contributed by atoms with Crippen LogP contribution in [0.15, 0.2) is 35.9 Å². The van der Waals surface area contributed by atoms with E-state index in [-0.39, 0.29) is 36.4 Å². The number of aliphatic hydroxyl groups is 1. The van der Waals surface area contributed by atoms with Crippen LogP contribution in [0.5, 0.6) is 0 Å². The number of carboxylic acids is 1. The highest BCUT2D eigenvalue weighted by Crippen LogP contribution is 2.30. The second-order valence-electron chi connectivity index (χ2n) is 7.50. The third-order valence-electron chi connectivity index (χ3n) is 5.41. The minimum Gasteiger partial charge on any atom is -0.478 e. The molecule has 7 heteroatoms. The number of fused-ring (bicyclic) bond motifs is 1. The molecule has 6 nitrogen and oxygen atoms in total. The number of nitrogens with one attached hydrogen (secondary N) is 1. The van der Waals surface area contributed by atoms with Gasteiger partial charge in [-0.15, -0.1) is 0 Å². The van der Waals surface area contributed by atoms with E-state index < -0.39 is 17.6 Å². The highest BCUT2D eigenvalue weighted by atomic mass is 19.1. The molecule has 0 unspecified atom stereocenters. The number of carbonyl (C=O) groups excluding carboxylic acids is 2. The Kier molecular flexibility index (Phi) is 6.97. The Morgan fingerprint density at radius 1 is 1.13 bits per heavy atom. The minimum atomic E-state index is -1.06. The number of carboxylic acid groups (broad SMARTS) is 1. The number of aromatic carboxylic acids is 1. The molecule has 0 saturated heterocycles. The van der Waals surface area contributed by atoms with E-state index in [0.29, 0.717) is 47.2 Å². The molecule has 0 amide bonds. The largest absolute Gasteiger partial charge is 0.478 e. The molecular formula is C24H24FNO5. The maximum absolute atomic E-state index is 13.9. The van der Waals surface area contributed by atoms with E-state index in [1.807, 2.05) is 0 Å². The Hall–Kier alpha value is -3.32. The first-order valence-electron chi connectivity index (χ1n) is 10.1. The molecule has 0 aromatic heterocycles. The number of unbranched alkanes of at least 4 members (excludes halogenated alkanes) is 1. The molecule has 0 aliphatic heterocycles. The number of benzene rings is 2. The first kappa shape index (κ1) is 22.4. The Morgan fingerprint density at radius 2 is 1.90 bits per heavy atom. The normalized spacial score (nSPS) is 12.9. The first-order valence-corrected chi connectivity index (χ1v) is 10.1. The summed E-state index contributed by atoms with van der Waals surface area (Å²) in [5.74, 6) is -2.25. The molecule has 31 heavy (non-hydrogen) atoms. The van der Waals surface area contributed by atoms with E-state index in [9.17, 15) is 23.9 Å². The van der Waals surface area contributed by atoms with Crippen LogP contribution in [0.1, 0.15) is 45.5 Å². The van der Waals surface area contributed by atoms with E-state index >= 15 is 0 Å². The predicted molar refractivity (Wildman–Crippen MR) is 115 cm³/mol. The number of hydrogen-bond donors (Lipinski definition) is 3. The second kappa shape index (κ2) is 9.66. The zero-order chi connectivity index (χ0) is 22.5. The first-order chi connectivity index (χ1) is 14.8. The third-order valence-corrected chi connectivity index (χ3v) is 5.41. The number of carbonyl (C=O) groups is 3. The van der Waals surface area contributed by atoms with Crippen molar-refractivity contribution >= 4 is 29.3 Å². The second-order valence-corrected chi connectivity index (χ2v) is 7.50. The van der Waals surface area contributed by atoms with E-state index in [4.69, 9.17) is 5.11 Å². The zero-order valence-corrected chi connectivity index (χ0v) is 17.2. The molecule has 1 aliphatic carbocycles. The Balaban J connectivity index is 1.91. The van der Waals surface area contributed by atoms with Gasteiger partial charge in [0.1, 0.15) is 5.82 Å². The van der Waals surface area contributed by atoms with Crippen molar-refractivity contribution in [2.75, 3.05) is 19.0 Å². The Bertz CT molecular complexity index is 1070. The molecule has 3 N–H and O–H groups in total. The third kappa shape index (κ3) is 5.06. The van der Waals surface area contributed by atoms with Gasteiger partial charge in [-0.25, -0.2) is 9.18 Å². The number of Topliss-reactive ketones (excluding diaryl/α,β-unsaturated/α-hetero) is 2. The summed E-state index contributed by atoms with van der Waals surface area (Å²) in [6.45, 7) is 0.0266. The number of aliphatic hydroxyl groups excluding tert-OH is 1. The molecule has 2 aromatic carbocycles. The minimum absolute atomic E-state index is 0.00463. The highest BCUT2D eigenvalue weighted by molar-refractivity contribution is 6.25. The average Bonchev–Trinajstić information content (AvgIpc) is 2.74. The lowest BCUT2D eigenvalue weighted by Crippen LogP contribution is -2.22. The zero-order valence-electron chi connectivity index (χ0n) is 17.2. The molecule has 0 spiro atoms. The van der Waals surface area contributed by atoms with Crippen molar-refractivity contribution in [3.63, 3.8) is 0 Å². The Morgan fingerprint density at radius 3 is 2.58 bits per heavy atom. The molecule has 0 fully saturated rings. The van der Waals surface area contributed by atoms with Gasteiger partial charge in [0, 0.05) is 32.2 Å². The highest BCUT2D eigenvalue weighted by Gasteiger charge is 2.26. The fourth-order valence-corrected chi connectivity index (χ4v) is 3.79. The van der Waals surface area contributed by atoms with Crippen molar-refractivity contribution in [1.82, 2.24) is 0 Å². The standard InChI is InChI=1S/C24H24FNO5/c1-26-21-12-18(25)9-17-10-20(23(29)13-19(17)21)22(28)11-15-5-6-16(24(30)31)8-14(15)4-2-3-7-27/h5-6,8-10,12,26-27H,2-4,7,11,13H2,1H3,(H,30,31). The van der Waals surface area contributed by atoms with Crippen LogP contribution in [0.4, 0.5) is 10.1 Å². The van der Waals surface area contributed by atoms with E-state index in [1.54, 1.807) is 13.1 Å². The van der Waals surface area contributed by atoms with Crippen LogP contribution < -0.4 is 5.32 Å². The summed E-state index contributed by atoms with van der Waals surface area (Å²) < 4.78 is 13.9. The summed E-state index contributed by atoms with van der Waals surface area (Å²) in [6, 6.07) is 7.17. The molecule has 2 aromatic rings. The lowest BCUT2D eigenvalue weighted by Gasteiger charge is -2.19. The van der Waals surface area contributed by atoms with Crippen LogP contribution in [-0.2, 0) is 28.9 Å². The number of aryl methyl sites for hydroxylation is 1. The topological polar surface area (TPSA) is 104 Å². The molecule has 1 aliphatic rings. The van der Waals surface area contributed by atoms with Gasteiger partial charge in [-0.2, -0.15) is 0 Å². The molecule has 0 heterocycles. The summed E-state index contributed by atoms with van der Waals surface area (Å²) in [5, 5.41) is 21.1.